The topological polar surface area (TPSA) is 157 Å². The number of hydrogen-bond acceptors (Lipinski definition) is 4. The Labute approximate surface area is 181 Å². The smallest absolute Gasteiger partial charge is 0.326 e. The van der Waals surface area contributed by atoms with E-state index < -0.39 is 24.0 Å². The molecule has 0 aliphatic rings. The highest BCUT2D eigenvalue weighted by Crippen LogP contribution is 2.05. The normalized spacial score (nSPS) is 11.3. The average Bonchev–Trinajstić information content (AvgIpc) is 2.74. The number of aryl methyl sites for hydroxylation is 1. The minimum atomic E-state index is -1.15. The maximum absolute atomic E-state index is 11.8. The number of benzene rings is 1. The second-order valence-electron chi connectivity index (χ2n) is 7.06. The Morgan fingerprint density at radius 1 is 0.839 bits per heavy atom. The SMILES string of the molecule is CCc1ccc(CNC(=O)NCCCC[C@H](NC(=O)NCCCC(=O)O)C(=O)O)cc1. The Morgan fingerprint density at radius 2 is 1.45 bits per heavy atom. The van der Waals surface area contributed by atoms with E-state index in [-0.39, 0.29) is 31.8 Å². The van der Waals surface area contributed by atoms with Gasteiger partial charge >= 0.3 is 24.0 Å². The fraction of sp³-hybridized carbons (Fsp3) is 0.524. The summed E-state index contributed by atoms with van der Waals surface area (Å²) in [5.74, 6) is -2.11. The van der Waals surface area contributed by atoms with Crippen LogP contribution in [-0.2, 0) is 22.6 Å². The fourth-order valence-electron chi connectivity index (χ4n) is 2.72. The fourth-order valence-corrected chi connectivity index (χ4v) is 2.72. The first-order valence-corrected chi connectivity index (χ1v) is 10.4. The zero-order chi connectivity index (χ0) is 23.1. The summed E-state index contributed by atoms with van der Waals surface area (Å²) in [6, 6.07) is 5.99. The number of carbonyl (C=O) groups is 4. The van der Waals surface area contributed by atoms with Gasteiger partial charge in [0.25, 0.3) is 0 Å². The molecule has 172 valence electrons. The molecule has 0 spiro atoms. The van der Waals surface area contributed by atoms with Crippen molar-refractivity contribution >= 4 is 24.0 Å². The summed E-state index contributed by atoms with van der Waals surface area (Å²) >= 11 is 0. The van der Waals surface area contributed by atoms with Crippen LogP contribution in [0.3, 0.4) is 0 Å². The lowest BCUT2D eigenvalue weighted by Gasteiger charge is -2.15. The van der Waals surface area contributed by atoms with Crippen molar-refractivity contribution in [1.82, 2.24) is 21.3 Å². The van der Waals surface area contributed by atoms with Crippen molar-refractivity contribution < 1.29 is 29.4 Å². The Bertz CT molecular complexity index is 723. The summed E-state index contributed by atoms with van der Waals surface area (Å²) < 4.78 is 0. The van der Waals surface area contributed by atoms with E-state index in [4.69, 9.17) is 5.11 Å². The van der Waals surface area contributed by atoms with E-state index in [9.17, 15) is 24.3 Å². The molecular formula is C21H32N4O6. The van der Waals surface area contributed by atoms with E-state index in [2.05, 4.69) is 28.2 Å². The number of amides is 4. The van der Waals surface area contributed by atoms with E-state index in [1.807, 2.05) is 24.3 Å². The maximum Gasteiger partial charge on any atom is 0.326 e. The van der Waals surface area contributed by atoms with Gasteiger partial charge in [-0.15, -0.1) is 0 Å². The minimum Gasteiger partial charge on any atom is -0.481 e. The van der Waals surface area contributed by atoms with Crippen molar-refractivity contribution in [2.45, 2.75) is 58.0 Å². The molecule has 0 heterocycles. The van der Waals surface area contributed by atoms with E-state index in [0.717, 1.165) is 12.0 Å². The van der Waals surface area contributed by atoms with E-state index in [1.165, 1.54) is 5.56 Å². The lowest BCUT2D eigenvalue weighted by atomic mass is 10.1. The van der Waals surface area contributed by atoms with Crippen molar-refractivity contribution in [3.63, 3.8) is 0 Å². The van der Waals surface area contributed by atoms with Crippen LogP contribution >= 0.6 is 0 Å². The molecule has 0 saturated carbocycles. The van der Waals surface area contributed by atoms with Gasteiger partial charge in [0.2, 0.25) is 0 Å². The minimum absolute atomic E-state index is 0.0750. The van der Waals surface area contributed by atoms with Crippen LogP contribution in [0.2, 0.25) is 0 Å². The van der Waals surface area contributed by atoms with Crippen molar-refractivity contribution in [3.05, 3.63) is 35.4 Å². The Morgan fingerprint density at radius 3 is 2.06 bits per heavy atom. The largest absolute Gasteiger partial charge is 0.481 e. The van der Waals surface area contributed by atoms with Crippen molar-refractivity contribution in [2.75, 3.05) is 13.1 Å². The number of hydrogen-bond donors (Lipinski definition) is 6. The van der Waals surface area contributed by atoms with Gasteiger partial charge < -0.3 is 31.5 Å². The third-order valence-electron chi connectivity index (χ3n) is 4.55. The Kier molecular flexibility index (Phi) is 12.2. The number of rotatable bonds is 14. The van der Waals surface area contributed by atoms with Crippen molar-refractivity contribution in [1.29, 1.82) is 0 Å². The molecule has 1 aromatic rings. The monoisotopic (exact) mass is 436 g/mol. The molecule has 4 amide bonds. The third-order valence-corrected chi connectivity index (χ3v) is 4.55. The highest BCUT2D eigenvalue weighted by Gasteiger charge is 2.19. The number of nitrogens with one attached hydrogen (secondary N) is 4. The van der Waals surface area contributed by atoms with Gasteiger partial charge in [0.05, 0.1) is 0 Å². The molecule has 31 heavy (non-hydrogen) atoms. The van der Waals surface area contributed by atoms with E-state index in [0.29, 0.717) is 25.9 Å². The van der Waals surface area contributed by atoms with Crippen LogP contribution < -0.4 is 21.3 Å². The van der Waals surface area contributed by atoms with Gasteiger partial charge in [-0.05, 0) is 43.2 Å². The summed E-state index contributed by atoms with van der Waals surface area (Å²) in [6.07, 6.45) is 2.42. The summed E-state index contributed by atoms with van der Waals surface area (Å²) in [5, 5.41) is 28.0. The molecule has 0 fully saturated rings. The molecule has 1 atom stereocenters. The summed E-state index contributed by atoms with van der Waals surface area (Å²) in [6.45, 7) is 3.03. The first-order chi connectivity index (χ1) is 14.8. The van der Waals surface area contributed by atoms with Gasteiger partial charge in [-0.2, -0.15) is 0 Å². The first kappa shape index (κ1) is 25.7. The second kappa shape index (κ2) is 14.6. The zero-order valence-corrected chi connectivity index (χ0v) is 17.8. The molecule has 0 saturated heterocycles. The van der Waals surface area contributed by atoms with Crippen LogP contribution in [-0.4, -0.2) is 53.3 Å². The van der Waals surface area contributed by atoms with E-state index in [1.54, 1.807) is 0 Å². The molecule has 6 N–H and O–H groups in total. The first-order valence-electron chi connectivity index (χ1n) is 10.4. The number of carboxylic acid groups (broad SMARTS) is 2. The summed E-state index contributed by atoms with van der Waals surface area (Å²) in [5.41, 5.74) is 2.24. The van der Waals surface area contributed by atoms with E-state index >= 15 is 0 Å². The molecule has 1 rings (SSSR count). The quantitative estimate of drug-likeness (QED) is 0.244. The van der Waals surface area contributed by atoms with Crippen LogP contribution in [0.4, 0.5) is 9.59 Å². The molecule has 0 bridgehead atoms. The molecule has 0 aliphatic heterocycles. The number of unbranched alkanes of at least 4 members (excludes halogenated alkanes) is 1. The van der Waals surface area contributed by atoms with Crippen LogP contribution in [0.25, 0.3) is 0 Å². The summed E-state index contributed by atoms with van der Waals surface area (Å²) in [4.78, 5) is 45.2. The standard InChI is InChI=1S/C21H32N4O6/c1-2-15-8-10-16(11-9-15)14-24-20(30)22-12-4-3-6-17(19(28)29)25-21(31)23-13-5-7-18(26)27/h8-11,17H,2-7,12-14H2,1H3,(H,26,27)(H,28,29)(H2,22,24,30)(H2,23,25,31)/t17-/m0/s1. The number of carboxylic acids is 2. The van der Waals surface area contributed by atoms with Gasteiger partial charge in [-0.3, -0.25) is 4.79 Å². The van der Waals surface area contributed by atoms with Crippen LogP contribution in [0.5, 0.6) is 0 Å². The molecule has 0 radical (unpaired) electrons. The van der Waals surface area contributed by atoms with Gasteiger partial charge in [-0.1, -0.05) is 31.2 Å². The van der Waals surface area contributed by atoms with Crippen LogP contribution in [0.15, 0.2) is 24.3 Å². The average molecular weight is 437 g/mol. The number of carbonyl (C=O) groups excluding carboxylic acids is 2. The Hall–Kier alpha value is -3.30. The molecule has 0 unspecified atom stereocenters. The molecule has 10 heteroatoms. The number of urea groups is 2. The second-order valence-corrected chi connectivity index (χ2v) is 7.06. The molecule has 0 aliphatic carbocycles. The molecule has 0 aromatic heterocycles. The highest BCUT2D eigenvalue weighted by atomic mass is 16.4. The molecule has 1 aromatic carbocycles. The molecule has 10 nitrogen and oxygen atoms in total. The van der Waals surface area contributed by atoms with Crippen LogP contribution in [0, 0.1) is 0 Å². The zero-order valence-electron chi connectivity index (χ0n) is 17.8. The van der Waals surface area contributed by atoms with Crippen LogP contribution in [0.1, 0.15) is 50.2 Å². The lowest BCUT2D eigenvalue weighted by molar-refractivity contribution is -0.139. The highest BCUT2D eigenvalue weighted by molar-refractivity contribution is 5.82. The van der Waals surface area contributed by atoms with Gasteiger partial charge in [0, 0.05) is 26.1 Å². The van der Waals surface area contributed by atoms with Gasteiger partial charge in [0.1, 0.15) is 6.04 Å². The number of aliphatic carboxylic acids is 2. The molecular weight excluding hydrogens is 404 g/mol. The summed E-state index contributed by atoms with van der Waals surface area (Å²) in [7, 11) is 0. The van der Waals surface area contributed by atoms with Gasteiger partial charge in [0.15, 0.2) is 0 Å². The Balaban J connectivity index is 2.18. The van der Waals surface area contributed by atoms with Gasteiger partial charge in [-0.25, -0.2) is 14.4 Å². The van der Waals surface area contributed by atoms with Crippen molar-refractivity contribution in [3.8, 4) is 0 Å². The lowest BCUT2D eigenvalue weighted by Crippen LogP contribution is -2.46. The predicted octanol–water partition coefficient (Wildman–Crippen LogP) is 1.84. The maximum atomic E-state index is 11.8. The predicted molar refractivity (Wildman–Crippen MR) is 115 cm³/mol. The third kappa shape index (κ3) is 12.1. The van der Waals surface area contributed by atoms with Crippen molar-refractivity contribution in [2.24, 2.45) is 0 Å².